The minimum Gasteiger partial charge on any atom is -0.399 e. The van der Waals surface area contributed by atoms with Gasteiger partial charge in [-0.25, -0.2) is 0 Å². The van der Waals surface area contributed by atoms with Gasteiger partial charge >= 0.3 is 0 Å². The number of halogens is 1. The van der Waals surface area contributed by atoms with Gasteiger partial charge in [0.25, 0.3) is 5.91 Å². The number of nitrogen functional groups attached to an aromatic ring is 1. The van der Waals surface area contributed by atoms with E-state index in [-0.39, 0.29) is 5.91 Å². The van der Waals surface area contributed by atoms with Gasteiger partial charge in [-0.2, -0.15) is 0 Å². The van der Waals surface area contributed by atoms with E-state index in [2.05, 4.69) is 16.4 Å². The number of aromatic nitrogens is 1. The molecule has 3 aromatic rings. The molecule has 1 amide bonds. The van der Waals surface area contributed by atoms with Crippen molar-refractivity contribution in [3.63, 3.8) is 0 Å². The molecule has 0 aliphatic carbocycles. The third-order valence-corrected chi connectivity index (χ3v) is 3.99. The molecule has 0 atom stereocenters. The maximum absolute atomic E-state index is 12.5. The van der Waals surface area contributed by atoms with Crippen molar-refractivity contribution >= 4 is 39.8 Å². The van der Waals surface area contributed by atoms with E-state index in [0.29, 0.717) is 22.1 Å². The van der Waals surface area contributed by atoms with Crippen molar-refractivity contribution in [1.82, 2.24) is 4.98 Å². The average Bonchev–Trinajstić information content (AvgIpc) is 2.79. The highest BCUT2D eigenvalue weighted by Gasteiger charge is 2.16. The first-order valence-corrected chi connectivity index (χ1v) is 7.29. The Balaban J connectivity index is 1.97. The molecular weight excluding hydrogens is 298 g/mol. The molecule has 2 aromatic carbocycles. The van der Waals surface area contributed by atoms with Gasteiger partial charge in [0, 0.05) is 16.6 Å². The van der Waals surface area contributed by atoms with Gasteiger partial charge in [-0.1, -0.05) is 23.2 Å². The van der Waals surface area contributed by atoms with Crippen molar-refractivity contribution < 1.29 is 4.79 Å². The number of aryl methyl sites for hydroxylation is 2. The van der Waals surface area contributed by atoms with Crippen LogP contribution >= 0.6 is 11.6 Å². The topological polar surface area (TPSA) is 70.9 Å². The molecule has 0 spiro atoms. The van der Waals surface area contributed by atoms with Crippen LogP contribution in [0.2, 0.25) is 5.02 Å². The zero-order chi connectivity index (χ0) is 15.9. The van der Waals surface area contributed by atoms with Gasteiger partial charge < -0.3 is 16.0 Å². The van der Waals surface area contributed by atoms with E-state index in [1.807, 2.05) is 26.0 Å². The lowest BCUT2D eigenvalue weighted by atomic mass is 10.1. The largest absolute Gasteiger partial charge is 0.399 e. The summed E-state index contributed by atoms with van der Waals surface area (Å²) in [6, 6.07) is 11.1. The number of fused-ring (bicyclic) bond motifs is 1. The summed E-state index contributed by atoms with van der Waals surface area (Å²) in [5.41, 5.74) is 10.3. The van der Waals surface area contributed by atoms with E-state index >= 15 is 0 Å². The second-order valence-corrected chi connectivity index (χ2v) is 5.77. The fourth-order valence-corrected chi connectivity index (χ4v) is 2.72. The standard InChI is InChI=1S/C17H16ClN3O/c1-9-3-5-14-12(7-9)10(2)16(20-14)17(22)21-15-6-4-11(19)8-13(15)18/h3-8,20H,19H2,1-2H3,(H,21,22). The molecule has 22 heavy (non-hydrogen) atoms. The van der Waals surface area contributed by atoms with Crippen LogP contribution in [-0.2, 0) is 0 Å². The predicted molar refractivity (Wildman–Crippen MR) is 91.6 cm³/mol. The average molecular weight is 314 g/mol. The van der Waals surface area contributed by atoms with E-state index in [4.69, 9.17) is 17.3 Å². The molecule has 4 N–H and O–H groups in total. The van der Waals surface area contributed by atoms with E-state index in [0.717, 1.165) is 22.0 Å². The summed E-state index contributed by atoms with van der Waals surface area (Å²) in [7, 11) is 0. The second-order valence-electron chi connectivity index (χ2n) is 5.37. The zero-order valence-corrected chi connectivity index (χ0v) is 13.1. The molecule has 0 aliphatic heterocycles. The van der Waals surface area contributed by atoms with Crippen LogP contribution in [0.25, 0.3) is 10.9 Å². The van der Waals surface area contributed by atoms with Crippen LogP contribution in [0.3, 0.4) is 0 Å². The molecule has 0 saturated carbocycles. The number of anilines is 2. The van der Waals surface area contributed by atoms with Crippen LogP contribution in [-0.4, -0.2) is 10.9 Å². The number of aromatic amines is 1. The summed E-state index contributed by atoms with van der Waals surface area (Å²) in [6.45, 7) is 3.96. The van der Waals surface area contributed by atoms with Crippen molar-refractivity contribution in [2.75, 3.05) is 11.1 Å². The number of carbonyl (C=O) groups is 1. The lowest BCUT2D eigenvalue weighted by molar-refractivity contribution is 0.102. The predicted octanol–water partition coefficient (Wildman–Crippen LogP) is 4.27. The van der Waals surface area contributed by atoms with E-state index in [1.54, 1.807) is 18.2 Å². The van der Waals surface area contributed by atoms with Crippen LogP contribution in [0, 0.1) is 13.8 Å². The van der Waals surface area contributed by atoms with Gasteiger partial charge in [-0.3, -0.25) is 4.79 Å². The van der Waals surface area contributed by atoms with Crippen molar-refractivity contribution in [2.45, 2.75) is 13.8 Å². The molecule has 0 fully saturated rings. The van der Waals surface area contributed by atoms with Crippen molar-refractivity contribution in [2.24, 2.45) is 0 Å². The highest BCUT2D eigenvalue weighted by atomic mass is 35.5. The quantitative estimate of drug-likeness (QED) is 0.618. The number of amides is 1. The number of nitrogens with one attached hydrogen (secondary N) is 2. The van der Waals surface area contributed by atoms with Gasteiger partial charge in [0.1, 0.15) is 5.69 Å². The monoisotopic (exact) mass is 313 g/mol. The fourth-order valence-electron chi connectivity index (χ4n) is 2.49. The Labute approximate surface area is 133 Å². The third kappa shape index (κ3) is 2.53. The molecule has 0 aliphatic rings. The van der Waals surface area contributed by atoms with Gasteiger partial charge in [0.05, 0.1) is 10.7 Å². The molecular formula is C17H16ClN3O. The normalized spacial score (nSPS) is 10.9. The molecule has 5 heteroatoms. The molecule has 0 bridgehead atoms. The molecule has 0 radical (unpaired) electrons. The lowest BCUT2D eigenvalue weighted by Gasteiger charge is -2.07. The van der Waals surface area contributed by atoms with E-state index in [9.17, 15) is 4.79 Å². The van der Waals surface area contributed by atoms with Gasteiger partial charge in [-0.15, -0.1) is 0 Å². The van der Waals surface area contributed by atoms with Crippen LogP contribution in [0.15, 0.2) is 36.4 Å². The molecule has 3 rings (SSSR count). The van der Waals surface area contributed by atoms with Crippen LogP contribution in [0.1, 0.15) is 21.6 Å². The Bertz CT molecular complexity index is 883. The van der Waals surface area contributed by atoms with Crippen molar-refractivity contribution in [3.8, 4) is 0 Å². The maximum Gasteiger partial charge on any atom is 0.272 e. The highest BCUT2D eigenvalue weighted by Crippen LogP contribution is 2.27. The summed E-state index contributed by atoms with van der Waals surface area (Å²) in [6.07, 6.45) is 0. The minimum atomic E-state index is -0.224. The third-order valence-electron chi connectivity index (χ3n) is 3.68. The Hall–Kier alpha value is -2.46. The Morgan fingerprint density at radius 2 is 1.95 bits per heavy atom. The first kappa shape index (κ1) is 14.5. The summed E-state index contributed by atoms with van der Waals surface area (Å²) in [5, 5.41) is 4.28. The summed E-state index contributed by atoms with van der Waals surface area (Å²) in [4.78, 5) is 15.7. The van der Waals surface area contributed by atoms with Gasteiger partial charge in [0.15, 0.2) is 0 Å². The summed E-state index contributed by atoms with van der Waals surface area (Å²) < 4.78 is 0. The molecule has 0 saturated heterocycles. The smallest absolute Gasteiger partial charge is 0.272 e. The Kier molecular flexibility index (Phi) is 3.54. The summed E-state index contributed by atoms with van der Waals surface area (Å²) >= 11 is 6.10. The van der Waals surface area contributed by atoms with Crippen molar-refractivity contribution in [3.05, 3.63) is 58.2 Å². The van der Waals surface area contributed by atoms with Gasteiger partial charge in [-0.05, 0) is 49.7 Å². The SMILES string of the molecule is Cc1ccc2[nH]c(C(=O)Nc3ccc(N)cc3Cl)c(C)c2c1. The number of nitrogens with two attached hydrogens (primary N) is 1. The van der Waals surface area contributed by atoms with E-state index < -0.39 is 0 Å². The molecule has 0 unspecified atom stereocenters. The first-order valence-electron chi connectivity index (χ1n) is 6.91. The number of hydrogen-bond donors (Lipinski definition) is 3. The molecule has 4 nitrogen and oxygen atoms in total. The number of rotatable bonds is 2. The zero-order valence-electron chi connectivity index (χ0n) is 12.3. The van der Waals surface area contributed by atoms with Crippen molar-refractivity contribution in [1.29, 1.82) is 0 Å². The fraction of sp³-hybridized carbons (Fsp3) is 0.118. The van der Waals surface area contributed by atoms with Crippen LogP contribution in [0.5, 0.6) is 0 Å². The van der Waals surface area contributed by atoms with Crippen LogP contribution < -0.4 is 11.1 Å². The number of hydrogen-bond acceptors (Lipinski definition) is 2. The lowest BCUT2D eigenvalue weighted by Crippen LogP contribution is -2.13. The number of H-pyrrole nitrogens is 1. The van der Waals surface area contributed by atoms with E-state index in [1.165, 1.54) is 0 Å². The first-order chi connectivity index (χ1) is 10.5. The molecule has 1 aromatic heterocycles. The summed E-state index contributed by atoms with van der Waals surface area (Å²) in [5.74, 6) is -0.224. The number of carbonyl (C=O) groups excluding carboxylic acids is 1. The molecule has 1 heterocycles. The minimum absolute atomic E-state index is 0.224. The molecule has 112 valence electrons. The maximum atomic E-state index is 12.5. The Morgan fingerprint density at radius 3 is 2.68 bits per heavy atom. The number of benzene rings is 2. The second kappa shape index (κ2) is 5.39. The highest BCUT2D eigenvalue weighted by molar-refractivity contribution is 6.34. The Morgan fingerprint density at radius 1 is 1.18 bits per heavy atom. The van der Waals surface area contributed by atoms with Gasteiger partial charge in [0.2, 0.25) is 0 Å². The van der Waals surface area contributed by atoms with Crippen LogP contribution in [0.4, 0.5) is 11.4 Å².